The van der Waals surface area contributed by atoms with E-state index in [1.54, 1.807) is 39.3 Å². The van der Waals surface area contributed by atoms with Crippen molar-refractivity contribution in [3.63, 3.8) is 0 Å². The molecule has 1 N–H and O–H groups in total. The van der Waals surface area contributed by atoms with Gasteiger partial charge in [-0.2, -0.15) is 0 Å². The molecule has 7 nitrogen and oxygen atoms in total. The first-order chi connectivity index (χ1) is 15.4. The third-order valence-electron chi connectivity index (χ3n) is 4.93. The van der Waals surface area contributed by atoms with Crippen molar-refractivity contribution in [2.24, 2.45) is 0 Å². The summed E-state index contributed by atoms with van der Waals surface area (Å²) >= 11 is 3.45. The molecule has 0 aromatic heterocycles. The summed E-state index contributed by atoms with van der Waals surface area (Å²) in [7, 11) is 3.09. The van der Waals surface area contributed by atoms with Gasteiger partial charge in [0.25, 0.3) is 5.91 Å². The van der Waals surface area contributed by atoms with Gasteiger partial charge < -0.3 is 24.4 Å². The summed E-state index contributed by atoms with van der Waals surface area (Å²) in [5.41, 5.74) is 0.906. The molecule has 0 fully saturated rings. The van der Waals surface area contributed by atoms with Gasteiger partial charge in [0, 0.05) is 35.8 Å². The van der Waals surface area contributed by atoms with Crippen molar-refractivity contribution in [3.05, 3.63) is 52.5 Å². The van der Waals surface area contributed by atoms with E-state index in [0.717, 1.165) is 22.9 Å². The summed E-state index contributed by atoms with van der Waals surface area (Å²) in [5.74, 6) is 1.06. The maximum Gasteiger partial charge on any atom is 0.261 e. The van der Waals surface area contributed by atoms with Crippen molar-refractivity contribution in [2.45, 2.75) is 39.3 Å². The zero-order valence-electron chi connectivity index (χ0n) is 19.0. The van der Waals surface area contributed by atoms with Gasteiger partial charge >= 0.3 is 0 Å². The van der Waals surface area contributed by atoms with E-state index in [2.05, 4.69) is 28.2 Å². The van der Waals surface area contributed by atoms with Gasteiger partial charge in [-0.1, -0.05) is 41.4 Å². The molecule has 2 amide bonds. The summed E-state index contributed by atoms with van der Waals surface area (Å²) in [4.78, 5) is 27.3. The number of amides is 2. The molecular weight excluding hydrogens is 476 g/mol. The molecule has 174 valence electrons. The van der Waals surface area contributed by atoms with Crippen LogP contribution in [0.15, 0.2) is 46.9 Å². The Hall–Kier alpha value is -2.74. The summed E-state index contributed by atoms with van der Waals surface area (Å²) in [6.45, 7) is 4.43. The van der Waals surface area contributed by atoms with Crippen LogP contribution in [0.4, 0.5) is 0 Å². The molecule has 0 unspecified atom stereocenters. The van der Waals surface area contributed by atoms with Crippen molar-refractivity contribution in [3.8, 4) is 17.2 Å². The van der Waals surface area contributed by atoms with E-state index in [-0.39, 0.29) is 25.0 Å². The molecule has 0 aliphatic carbocycles. The number of ether oxygens (including phenoxy) is 3. The summed E-state index contributed by atoms with van der Waals surface area (Å²) < 4.78 is 17.1. The van der Waals surface area contributed by atoms with Gasteiger partial charge in [0.15, 0.2) is 6.61 Å². The quantitative estimate of drug-likeness (QED) is 0.437. The molecule has 0 heterocycles. The minimum atomic E-state index is -0.651. The number of carbonyl (C=O) groups excluding carboxylic acids is 2. The fourth-order valence-corrected chi connectivity index (χ4v) is 3.49. The van der Waals surface area contributed by atoms with Crippen molar-refractivity contribution >= 4 is 27.7 Å². The van der Waals surface area contributed by atoms with Crippen molar-refractivity contribution in [2.75, 3.05) is 27.4 Å². The largest absolute Gasteiger partial charge is 0.496 e. The monoisotopic (exact) mass is 506 g/mol. The number of benzene rings is 2. The van der Waals surface area contributed by atoms with Gasteiger partial charge in [0.1, 0.15) is 23.3 Å². The number of hydrogen-bond donors (Lipinski definition) is 1. The molecule has 0 bridgehead atoms. The van der Waals surface area contributed by atoms with E-state index in [9.17, 15) is 9.59 Å². The zero-order valence-corrected chi connectivity index (χ0v) is 20.6. The van der Waals surface area contributed by atoms with Crippen molar-refractivity contribution in [1.82, 2.24) is 10.2 Å². The van der Waals surface area contributed by atoms with Crippen LogP contribution < -0.4 is 19.5 Å². The molecule has 0 radical (unpaired) electrons. The van der Waals surface area contributed by atoms with Crippen molar-refractivity contribution in [1.29, 1.82) is 0 Å². The van der Waals surface area contributed by atoms with E-state index in [0.29, 0.717) is 23.8 Å². The normalized spacial score (nSPS) is 11.4. The molecule has 2 aromatic rings. The Labute approximate surface area is 198 Å². The highest BCUT2D eigenvalue weighted by atomic mass is 79.9. The van der Waals surface area contributed by atoms with Crippen LogP contribution in [0.1, 0.15) is 32.3 Å². The topological polar surface area (TPSA) is 77.1 Å². The minimum Gasteiger partial charge on any atom is -0.496 e. The van der Waals surface area contributed by atoms with Crippen LogP contribution in [0.25, 0.3) is 0 Å². The van der Waals surface area contributed by atoms with Crippen LogP contribution in [0.3, 0.4) is 0 Å². The summed E-state index contributed by atoms with van der Waals surface area (Å²) in [6.07, 6.45) is 1.87. The Balaban J connectivity index is 2.16. The second kappa shape index (κ2) is 13.0. The molecule has 2 aromatic carbocycles. The Morgan fingerprint density at radius 2 is 1.72 bits per heavy atom. The van der Waals surface area contributed by atoms with E-state index in [1.165, 1.54) is 4.90 Å². The Morgan fingerprint density at radius 1 is 1.06 bits per heavy atom. The number of halogens is 1. The Kier molecular flexibility index (Phi) is 10.3. The number of methoxy groups -OCH3 is 2. The standard InChI is InChI=1S/C24H31BrN2O5/c1-5-6-10-26-24(29)17(2)27(15-18-8-7-9-19(25)11-18)23(28)16-32-22-13-20(30-3)12-21(14-22)31-4/h7-9,11-14,17H,5-6,10,15-16H2,1-4H3,(H,26,29)/t17-/m0/s1. The number of nitrogens with one attached hydrogen (secondary N) is 1. The lowest BCUT2D eigenvalue weighted by atomic mass is 10.1. The lowest BCUT2D eigenvalue weighted by Crippen LogP contribution is -2.49. The van der Waals surface area contributed by atoms with Crippen LogP contribution in [-0.2, 0) is 16.1 Å². The van der Waals surface area contributed by atoms with Gasteiger partial charge in [-0.3, -0.25) is 9.59 Å². The second-order valence-electron chi connectivity index (χ2n) is 7.31. The van der Waals surface area contributed by atoms with E-state index in [1.807, 2.05) is 24.3 Å². The maximum atomic E-state index is 13.1. The third kappa shape index (κ3) is 7.75. The lowest BCUT2D eigenvalue weighted by Gasteiger charge is -2.29. The smallest absolute Gasteiger partial charge is 0.261 e. The van der Waals surface area contributed by atoms with Gasteiger partial charge in [-0.15, -0.1) is 0 Å². The minimum absolute atomic E-state index is 0.190. The molecule has 0 saturated heterocycles. The lowest BCUT2D eigenvalue weighted by molar-refractivity contribution is -0.142. The second-order valence-corrected chi connectivity index (χ2v) is 8.22. The highest BCUT2D eigenvalue weighted by Gasteiger charge is 2.26. The molecule has 1 atom stereocenters. The third-order valence-corrected chi connectivity index (χ3v) is 5.42. The summed E-state index contributed by atoms with van der Waals surface area (Å²) in [6, 6.07) is 12.1. The van der Waals surface area contributed by atoms with Crippen LogP contribution >= 0.6 is 15.9 Å². The molecule has 0 spiro atoms. The van der Waals surface area contributed by atoms with Crippen LogP contribution in [0.2, 0.25) is 0 Å². The van der Waals surface area contributed by atoms with Gasteiger partial charge in [-0.25, -0.2) is 0 Å². The van der Waals surface area contributed by atoms with Gasteiger partial charge in [0.05, 0.1) is 14.2 Å². The number of carbonyl (C=O) groups is 2. The van der Waals surface area contributed by atoms with Crippen LogP contribution in [-0.4, -0.2) is 50.1 Å². The van der Waals surface area contributed by atoms with Crippen LogP contribution in [0.5, 0.6) is 17.2 Å². The van der Waals surface area contributed by atoms with E-state index < -0.39 is 6.04 Å². The Morgan fingerprint density at radius 3 is 2.31 bits per heavy atom. The first kappa shape index (κ1) is 25.5. The molecule has 8 heteroatoms. The van der Waals surface area contributed by atoms with Gasteiger partial charge in [0.2, 0.25) is 5.91 Å². The van der Waals surface area contributed by atoms with Crippen LogP contribution in [0, 0.1) is 0 Å². The molecular formula is C24H31BrN2O5. The Bertz CT molecular complexity index is 883. The fraction of sp³-hybridized carbons (Fsp3) is 0.417. The molecule has 2 rings (SSSR count). The maximum absolute atomic E-state index is 13.1. The number of rotatable bonds is 12. The first-order valence-electron chi connectivity index (χ1n) is 10.6. The van der Waals surface area contributed by atoms with Crippen molar-refractivity contribution < 1.29 is 23.8 Å². The molecule has 0 aliphatic rings. The number of nitrogens with zero attached hydrogens (tertiary/aromatic N) is 1. The van der Waals surface area contributed by atoms with E-state index in [4.69, 9.17) is 14.2 Å². The number of hydrogen-bond acceptors (Lipinski definition) is 5. The predicted octanol–water partition coefficient (Wildman–Crippen LogP) is 4.18. The summed E-state index contributed by atoms with van der Waals surface area (Å²) in [5, 5.41) is 2.90. The molecule has 32 heavy (non-hydrogen) atoms. The highest BCUT2D eigenvalue weighted by Crippen LogP contribution is 2.27. The van der Waals surface area contributed by atoms with E-state index >= 15 is 0 Å². The van der Waals surface area contributed by atoms with Gasteiger partial charge in [-0.05, 0) is 31.0 Å². The average Bonchev–Trinajstić information content (AvgIpc) is 2.80. The zero-order chi connectivity index (χ0) is 23.5. The predicted molar refractivity (Wildman–Crippen MR) is 127 cm³/mol. The molecule has 0 saturated carbocycles. The highest BCUT2D eigenvalue weighted by molar-refractivity contribution is 9.10. The fourth-order valence-electron chi connectivity index (χ4n) is 3.04. The number of unbranched alkanes of at least 4 members (excludes halogenated alkanes) is 1. The molecule has 0 aliphatic heterocycles. The SMILES string of the molecule is CCCCNC(=O)[C@H](C)N(Cc1cccc(Br)c1)C(=O)COc1cc(OC)cc(OC)c1. The first-order valence-corrected chi connectivity index (χ1v) is 11.3. The average molecular weight is 507 g/mol.